The molecule has 0 bridgehead atoms. The Morgan fingerprint density at radius 3 is 2.76 bits per heavy atom. The van der Waals surface area contributed by atoms with Gasteiger partial charge in [0.1, 0.15) is 4.32 Å². The molecule has 0 unspecified atom stereocenters. The zero-order valence-electron chi connectivity index (χ0n) is 11.1. The molecule has 112 valence electrons. The Hall–Kier alpha value is -1.22. The van der Waals surface area contributed by atoms with E-state index < -0.39 is 15.9 Å². The van der Waals surface area contributed by atoms with Gasteiger partial charge in [0.15, 0.2) is 0 Å². The minimum absolute atomic E-state index is 0.144. The Labute approximate surface area is 132 Å². The largest absolute Gasteiger partial charge is 0.292 e. The number of benzene rings is 1. The van der Waals surface area contributed by atoms with Crippen molar-refractivity contribution in [1.29, 1.82) is 0 Å². The molecular weight excluding hydrogens is 330 g/mol. The van der Waals surface area contributed by atoms with Gasteiger partial charge in [-0.3, -0.25) is 14.2 Å². The Balaban J connectivity index is 2.18. The average Bonchev–Trinajstić information content (AvgIpc) is 2.61. The minimum atomic E-state index is -4.12. The quantitative estimate of drug-likeness (QED) is 0.513. The molecule has 0 atom stereocenters. The van der Waals surface area contributed by atoms with Gasteiger partial charge in [-0.2, -0.15) is 8.42 Å². The molecule has 0 saturated carbocycles. The number of carbonyl (C=O) groups is 1. The molecule has 1 aromatic carbocycles. The van der Waals surface area contributed by atoms with E-state index >= 15 is 0 Å². The van der Waals surface area contributed by atoms with E-state index in [1.54, 1.807) is 6.08 Å². The van der Waals surface area contributed by atoms with E-state index in [0.29, 0.717) is 9.23 Å². The lowest BCUT2D eigenvalue weighted by Crippen LogP contribution is -2.32. The van der Waals surface area contributed by atoms with Gasteiger partial charge < -0.3 is 0 Å². The van der Waals surface area contributed by atoms with Gasteiger partial charge in [-0.25, -0.2) is 0 Å². The molecule has 21 heavy (non-hydrogen) atoms. The third-order valence-corrected chi connectivity index (χ3v) is 4.86. The Morgan fingerprint density at radius 1 is 1.43 bits per heavy atom. The van der Waals surface area contributed by atoms with Crippen molar-refractivity contribution in [3.63, 3.8) is 0 Å². The highest BCUT2D eigenvalue weighted by molar-refractivity contribution is 8.26. The van der Waals surface area contributed by atoms with Crippen molar-refractivity contribution in [2.24, 2.45) is 0 Å². The maximum Gasteiger partial charge on any atom is 0.266 e. The van der Waals surface area contributed by atoms with Gasteiger partial charge in [0.05, 0.1) is 10.7 Å². The Morgan fingerprint density at radius 2 is 2.14 bits per heavy atom. The maximum absolute atomic E-state index is 12.2. The molecule has 1 aliphatic rings. The second-order valence-corrected chi connectivity index (χ2v) is 7.78. The van der Waals surface area contributed by atoms with E-state index in [1.807, 2.05) is 31.2 Å². The topological polar surface area (TPSA) is 74.7 Å². The SMILES string of the molecule is Cc1cccc(C=C2SC(=S)N(CCS(=O)(=O)O)C2=O)c1. The van der Waals surface area contributed by atoms with Crippen molar-refractivity contribution >= 4 is 50.4 Å². The lowest BCUT2D eigenvalue weighted by molar-refractivity contribution is -0.121. The summed E-state index contributed by atoms with van der Waals surface area (Å²) in [5, 5.41) is 0. The summed E-state index contributed by atoms with van der Waals surface area (Å²) >= 11 is 6.20. The van der Waals surface area contributed by atoms with E-state index in [-0.39, 0.29) is 12.5 Å². The van der Waals surface area contributed by atoms with Crippen LogP contribution in [-0.2, 0) is 14.9 Å². The molecule has 8 heteroatoms. The summed E-state index contributed by atoms with van der Waals surface area (Å²) < 4.78 is 30.6. The average molecular weight is 343 g/mol. The molecule has 0 aromatic heterocycles. The molecule has 1 aliphatic heterocycles. The fraction of sp³-hybridized carbons (Fsp3) is 0.231. The first-order valence-electron chi connectivity index (χ1n) is 6.03. The van der Waals surface area contributed by atoms with Gasteiger partial charge in [0, 0.05) is 6.54 Å². The predicted octanol–water partition coefficient (Wildman–Crippen LogP) is 2.08. The van der Waals surface area contributed by atoms with Crippen LogP contribution in [0.1, 0.15) is 11.1 Å². The number of aryl methyl sites for hydroxylation is 1. The highest BCUT2D eigenvalue weighted by atomic mass is 32.2. The van der Waals surface area contributed by atoms with Crippen molar-refractivity contribution in [2.45, 2.75) is 6.92 Å². The zero-order chi connectivity index (χ0) is 15.6. The number of nitrogens with zero attached hydrogens (tertiary/aromatic N) is 1. The van der Waals surface area contributed by atoms with Crippen LogP contribution in [0.2, 0.25) is 0 Å². The Bertz CT molecular complexity index is 725. The summed E-state index contributed by atoms with van der Waals surface area (Å²) in [4.78, 5) is 13.8. The van der Waals surface area contributed by atoms with Gasteiger partial charge in [0.25, 0.3) is 16.0 Å². The summed E-state index contributed by atoms with van der Waals surface area (Å²) in [7, 11) is -4.12. The molecule has 0 aliphatic carbocycles. The fourth-order valence-corrected chi connectivity index (χ4v) is 3.53. The molecule has 1 fully saturated rings. The predicted molar refractivity (Wildman–Crippen MR) is 87.5 cm³/mol. The molecule has 1 N–H and O–H groups in total. The Kier molecular flexibility index (Phi) is 4.82. The standard InChI is InChI=1S/C13H13NO4S3/c1-9-3-2-4-10(7-9)8-11-12(15)14(13(19)20-11)5-6-21(16,17)18/h2-4,7-8H,5-6H2,1H3,(H,16,17,18). The van der Waals surface area contributed by atoms with Crippen molar-refractivity contribution in [1.82, 2.24) is 4.90 Å². The van der Waals surface area contributed by atoms with Crippen LogP contribution in [0.25, 0.3) is 6.08 Å². The lowest BCUT2D eigenvalue weighted by Gasteiger charge is -2.12. The van der Waals surface area contributed by atoms with Gasteiger partial charge in [0.2, 0.25) is 0 Å². The van der Waals surface area contributed by atoms with Crippen LogP contribution < -0.4 is 0 Å². The summed E-state index contributed by atoms with van der Waals surface area (Å²) in [5.74, 6) is -0.868. The van der Waals surface area contributed by atoms with Crippen molar-refractivity contribution in [2.75, 3.05) is 12.3 Å². The normalized spacial score (nSPS) is 17.8. The molecule has 2 rings (SSSR count). The van der Waals surface area contributed by atoms with Crippen LogP contribution in [0.3, 0.4) is 0 Å². The van der Waals surface area contributed by atoms with E-state index in [4.69, 9.17) is 16.8 Å². The number of rotatable bonds is 4. The molecule has 1 heterocycles. The highest BCUT2D eigenvalue weighted by Gasteiger charge is 2.32. The molecule has 0 radical (unpaired) electrons. The van der Waals surface area contributed by atoms with E-state index in [0.717, 1.165) is 22.9 Å². The minimum Gasteiger partial charge on any atom is -0.292 e. The first kappa shape index (κ1) is 16.2. The zero-order valence-corrected chi connectivity index (χ0v) is 13.6. The number of hydrogen-bond donors (Lipinski definition) is 1. The van der Waals surface area contributed by atoms with Crippen LogP contribution in [0, 0.1) is 6.92 Å². The second-order valence-electron chi connectivity index (χ2n) is 4.53. The van der Waals surface area contributed by atoms with E-state index in [1.165, 1.54) is 4.90 Å². The van der Waals surface area contributed by atoms with Crippen molar-refractivity contribution in [3.8, 4) is 0 Å². The highest BCUT2D eigenvalue weighted by Crippen LogP contribution is 2.32. The summed E-state index contributed by atoms with van der Waals surface area (Å²) in [6, 6.07) is 7.65. The first-order valence-corrected chi connectivity index (χ1v) is 8.87. The fourth-order valence-electron chi connectivity index (χ4n) is 1.81. The lowest BCUT2D eigenvalue weighted by atomic mass is 10.1. The summed E-state index contributed by atoms with van der Waals surface area (Å²) in [6.07, 6.45) is 1.72. The number of amides is 1. The van der Waals surface area contributed by atoms with Gasteiger partial charge in [-0.05, 0) is 18.6 Å². The number of thioether (sulfide) groups is 1. The second kappa shape index (κ2) is 6.27. The van der Waals surface area contributed by atoms with Crippen molar-refractivity contribution < 1.29 is 17.8 Å². The van der Waals surface area contributed by atoms with E-state index in [9.17, 15) is 13.2 Å². The summed E-state index contributed by atoms with van der Waals surface area (Å²) in [6.45, 7) is 1.81. The number of hydrogen-bond acceptors (Lipinski definition) is 5. The molecule has 0 spiro atoms. The van der Waals surface area contributed by atoms with Crippen molar-refractivity contribution in [3.05, 3.63) is 40.3 Å². The number of carbonyl (C=O) groups excluding carboxylic acids is 1. The van der Waals surface area contributed by atoms with Crippen LogP contribution in [0.15, 0.2) is 29.2 Å². The van der Waals surface area contributed by atoms with Crippen LogP contribution in [0.4, 0.5) is 0 Å². The molecular formula is C13H13NO4S3. The maximum atomic E-state index is 12.2. The van der Waals surface area contributed by atoms with Gasteiger partial charge in [-0.1, -0.05) is 53.8 Å². The van der Waals surface area contributed by atoms with E-state index in [2.05, 4.69) is 0 Å². The first-order chi connectivity index (χ1) is 9.76. The monoisotopic (exact) mass is 343 g/mol. The smallest absolute Gasteiger partial charge is 0.266 e. The van der Waals surface area contributed by atoms with Gasteiger partial charge in [-0.15, -0.1) is 0 Å². The molecule has 1 saturated heterocycles. The summed E-state index contributed by atoms with van der Waals surface area (Å²) in [5.41, 5.74) is 1.95. The molecule has 1 amide bonds. The van der Waals surface area contributed by atoms with Crippen LogP contribution in [0.5, 0.6) is 0 Å². The third kappa shape index (κ3) is 4.37. The molecule has 5 nitrogen and oxygen atoms in total. The number of thiocarbonyl (C=S) groups is 1. The van der Waals surface area contributed by atoms with Crippen LogP contribution in [-0.4, -0.2) is 40.4 Å². The van der Waals surface area contributed by atoms with Crippen LogP contribution >= 0.6 is 24.0 Å². The van der Waals surface area contributed by atoms with Gasteiger partial charge >= 0.3 is 0 Å². The molecule has 1 aromatic rings. The third-order valence-electron chi connectivity index (χ3n) is 2.79.